The minimum atomic E-state index is -0.0411. The van der Waals surface area contributed by atoms with E-state index in [2.05, 4.69) is 42.1 Å². The lowest BCUT2D eigenvalue weighted by atomic mass is 9.73. The van der Waals surface area contributed by atoms with Gasteiger partial charge >= 0.3 is 0 Å². The molecule has 0 aromatic carbocycles. The molecule has 2 aliphatic heterocycles. The maximum Gasteiger partial charge on any atom is 0.289 e. The van der Waals surface area contributed by atoms with Crippen LogP contribution < -0.4 is 5.32 Å². The first-order valence-electron chi connectivity index (χ1n) is 11.5. The van der Waals surface area contributed by atoms with Crippen molar-refractivity contribution in [1.82, 2.24) is 30.0 Å². The molecule has 0 atom stereocenters. The van der Waals surface area contributed by atoms with E-state index in [-0.39, 0.29) is 11.3 Å². The van der Waals surface area contributed by atoms with E-state index < -0.39 is 0 Å². The summed E-state index contributed by atoms with van der Waals surface area (Å²) in [7, 11) is 0. The van der Waals surface area contributed by atoms with E-state index in [1.807, 2.05) is 13.0 Å². The van der Waals surface area contributed by atoms with Gasteiger partial charge in [0, 0.05) is 31.2 Å². The van der Waals surface area contributed by atoms with Gasteiger partial charge in [-0.15, -0.1) is 10.2 Å². The number of aryl methyl sites for hydroxylation is 2. The maximum atomic E-state index is 12.8. The summed E-state index contributed by atoms with van der Waals surface area (Å²) in [6.07, 6.45) is 8.96. The van der Waals surface area contributed by atoms with Crippen LogP contribution in [0.3, 0.4) is 0 Å². The number of piperidine rings is 1. The minimum Gasteiger partial charge on any atom is -0.347 e. The lowest BCUT2D eigenvalue weighted by Crippen LogP contribution is -2.45. The number of carbonyl (C=O) groups excluding carboxylic acids is 1. The van der Waals surface area contributed by atoms with E-state index in [4.69, 9.17) is 0 Å². The van der Waals surface area contributed by atoms with E-state index in [1.54, 1.807) is 0 Å². The van der Waals surface area contributed by atoms with Crippen LogP contribution in [0.2, 0.25) is 0 Å². The van der Waals surface area contributed by atoms with Crippen LogP contribution in [-0.4, -0.2) is 49.7 Å². The Hall–Kier alpha value is -2.28. The van der Waals surface area contributed by atoms with Crippen molar-refractivity contribution in [2.45, 2.75) is 77.4 Å². The van der Waals surface area contributed by atoms with Crippen LogP contribution in [0.15, 0.2) is 18.2 Å². The molecule has 1 aliphatic carbocycles. The normalized spacial score (nSPS) is 21.6. The fraction of sp³-hybridized carbons (Fsp3) is 0.652. The van der Waals surface area contributed by atoms with Crippen molar-refractivity contribution in [2.75, 3.05) is 13.1 Å². The van der Waals surface area contributed by atoms with Crippen molar-refractivity contribution in [2.24, 2.45) is 5.41 Å². The predicted molar refractivity (Wildman–Crippen MR) is 114 cm³/mol. The molecule has 1 amide bonds. The van der Waals surface area contributed by atoms with E-state index in [0.717, 1.165) is 81.9 Å². The van der Waals surface area contributed by atoms with Gasteiger partial charge in [-0.1, -0.05) is 18.9 Å². The Kier molecular flexibility index (Phi) is 5.31. The number of nitrogens with zero attached hydrogens (tertiary/aromatic N) is 5. The highest BCUT2D eigenvalue weighted by Crippen LogP contribution is 2.41. The maximum absolute atomic E-state index is 12.8. The summed E-state index contributed by atoms with van der Waals surface area (Å²) in [5, 5.41) is 11.8. The molecule has 0 radical (unpaired) electrons. The Labute approximate surface area is 178 Å². The molecule has 2 aromatic heterocycles. The molecule has 5 rings (SSSR count). The molecule has 7 heteroatoms. The Bertz CT molecular complexity index is 908. The van der Waals surface area contributed by atoms with Crippen LogP contribution in [0.4, 0.5) is 0 Å². The second-order valence-corrected chi connectivity index (χ2v) is 9.53. The van der Waals surface area contributed by atoms with Crippen LogP contribution in [0.5, 0.6) is 0 Å². The molecule has 2 fully saturated rings. The first-order valence-corrected chi connectivity index (χ1v) is 11.5. The number of rotatable bonds is 4. The van der Waals surface area contributed by atoms with Gasteiger partial charge in [-0.2, -0.15) is 0 Å². The summed E-state index contributed by atoms with van der Waals surface area (Å²) in [5.74, 6) is 1.45. The lowest BCUT2D eigenvalue weighted by Gasteiger charge is -2.44. The molecule has 7 nitrogen and oxygen atoms in total. The average molecular weight is 409 g/mol. The standard InChI is InChI=1S/C23H32N6O/c1-17-5-4-8-19(24-17)15-28-13-11-23(12-14-28)10-9-20-26-27-21(29(20)16-23)22(30)25-18-6-2-3-7-18/h4-5,8,18H,2-3,6-7,9-16H2,1H3,(H,25,30). The van der Waals surface area contributed by atoms with Gasteiger partial charge < -0.3 is 9.88 Å². The summed E-state index contributed by atoms with van der Waals surface area (Å²) < 4.78 is 2.12. The van der Waals surface area contributed by atoms with Crippen molar-refractivity contribution < 1.29 is 4.79 Å². The second kappa shape index (κ2) is 8.10. The second-order valence-electron chi connectivity index (χ2n) is 9.53. The number of aromatic nitrogens is 4. The molecule has 1 saturated carbocycles. The van der Waals surface area contributed by atoms with Gasteiger partial charge in [-0.05, 0) is 69.7 Å². The number of amides is 1. The van der Waals surface area contributed by atoms with Gasteiger partial charge in [0.25, 0.3) is 5.91 Å². The van der Waals surface area contributed by atoms with Gasteiger partial charge in [-0.3, -0.25) is 14.7 Å². The monoisotopic (exact) mass is 408 g/mol. The SMILES string of the molecule is Cc1cccc(CN2CCC3(CCc4nnc(C(=O)NC5CCCC5)n4C3)CC2)n1. The smallest absolute Gasteiger partial charge is 0.289 e. The van der Waals surface area contributed by atoms with Crippen molar-refractivity contribution in [1.29, 1.82) is 0 Å². The fourth-order valence-corrected chi connectivity index (χ4v) is 5.48. The third-order valence-corrected chi connectivity index (χ3v) is 7.34. The summed E-state index contributed by atoms with van der Waals surface area (Å²) >= 11 is 0. The summed E-state index contributed by atoms with van der Waals surface area (Å²) in [5.41, 5.74) is 2.49. The van der Waals surface area contributed by atoms with Gasteiger partial charge in [0.15, 0.2) is 0 Å². The zero-order valence-electron chi connectivity index (χ0n) is 17.9. The number of hydrogen-bond donors (Lipinski definition) is 1. The molecule has 3 aliphatic rings. The zero-order valence-corrected chi connectivity index (χ0v) is 17.9. The number of carbonyl (C=O) groups is 1. The largest absolute Gasteiger partial charge is 0.347 e. The van der Waals surface area contributed by atoms with Crippen molar-refractivity contribution in [3.05, 3.63) is 41.2 Å². The zero-order chi connectivity index (χ0) is 20.6. The summed E-state index contributed by atoms with van der Waals surface area (Å²) in [6.45, 7) is 6.01. The van der Waals surface area contributed by atoms with E-state index in [0.29, 0.717) is 11.9 Å². The lowest BCUT2D eigenvalue weighted by molar-refractivity contribution is 0.0611. The molecule has 1 N–H and O–H groups in total. The van der Waals surface area contributed by atoms with Crippen molar-refractivity contribution in [3.63, 3.8) is 0 Å². The van der Waals surface area contributed by atoms with Gasteiger partial charge in [0.05, 0.1) is 5.69 Å². The highest BCUT2D eigenvalue weighted by Gasteiger charge is 2.40. The summed E-state index contributed by atoms with van der Waals surface area (Å²) in [6, 6.07) is 6.57. The van der Waals surface area contributed by atoms with Crippen LogP contribution >= 0.6 is 0 Å². The molecule has 0 unspecified atom stereocenters. The highest BCUT2D eigenvalue weighted by atomic mass is 16.2. The Morgan fingerprint density at radius 3 is 2.73 bits per heavy atom. The Morgan fingerprint density at radius 1 is 1.17 bits per heavy atom. The molecule has 1 spiro atoms. The number of pyridine rings is 1. The fourth-order valence-electron chi connectivity index (χ4n) is 5.48. The van der Waals surface area contributed by atoms with Crippen molar-refractivity contribution >= 4 is 5.91 Å². The third-order valence-electron chi connectivity index (χ3n) is 7.34. The molecule has 30 heavy (non-hydrogen) atoms. The first-order chi connectivity index (χ1) is 14.6. The van der Waals surface area contributed by atoms with Crippen LogP contribution in [0, 0.1) is 12.3 Å². The molecular weight excluding hydrogens is 376 g/mol. The molecule has 4 heterocycles. The third kappa shape index (κ3) is 4.00. The molecule has 1 saturated heterocycles. The quantitative estimate of drug-likeness (QED) is 0.842. The van der Waals surface area contributed by atoms with E-state index in [1.165, 1.54) is 12.8 Å². The molecular formula is C23H32N6O. The van der Waals surface area contributed by atoms with Gasteiger partial charge in [0.2, 0.25) is 5.82 Å². The van der Waals surface area contributed by atoms with Crippen LogP contribution in [0.25, 0.3) is 0 Å². The molecule has 160 valence electrons. The average Bonchev–Trinajstić information content (AvgIpc) is 3.39. The van der Waals surface area contributed by atoms with Crippen LogP contribution in [0.1, 0.15) is 72.8 Å². The predicted octanol–water partition coefficient (Wildman–Crippen LogP) is 2.88. The van der Waals surface area contributed by atoms with Gasteiger partial charge in [0.1, 0.15) is 5.82 Å². The number of fused-ring (bicyclic) bond motifs is 1. The van der Waals surface area contributed by atoms with E-state index >= 15 is 0 Å². The van der Waals surface area contributed by atoms with Gasteiger partial charge in [-0.25, -0.2) is 0 Å². The number of likely N-dealkylation sites (tertiary alicyclic amines) is 1. The molecule has 0 bridgehead atoms. The number of hydrogen-bond acceptors (Lipinski definition) is 5. The van der Waals surface area contributed by atoms with E-state index in [9.17, 15) is 4.79 Å². The molecule has 2 aromatic rings. The minimum absolute atomic E-state index is 0.0411. The highest BCUT2D eigenvalue weighted by molar-refractivity contribution is 5.91. The first kappa shape index (κ1) is 19.7. The Morgan fingerprint density at radius 2 is 1.97 bits per heavy atom. The summed E-state index contributed by atoms with van der Waals surface area (Å²) in [4.78, 5) is 20.0. The Balaban J connectivity index is 1.23. The van der Waals surface area contributed by atoms with Crippen LogP contribution in [-0.2, 0) is 19.5 Å². The number of nitrogens with one attached hydrogen (secondary N) is 1. The van der Waals surface area contributed by atoms with Crippen molar-refractivity contribution in [3.8, 4) is 0 Å². The topological polar surface area (TPSA) is 75.9 Å².